The molecule has 0 aromatic carbocycles. The first-order valence-corrected chi connectivity index (χ1v) is 6.22. The minimum absolute atomic E-state index is 0.103. The largest absolute Gasteiger partial charge is 0.401 e. The maximum Gasteiger partial charge on any atom is 0.401 e. The van der Waals surface area contributed by atoms with Gasteiger partial charge in [-0.1, -0.05) is 29.8 Å². The summed E-state index contributed by atoms with van der Waals surface area (Å²) in [4.78, 5) is 1.57. The van der Waals surface area contributed by atoms with E-state index in [1.807, 2.05) is 13.8 Å². The highest BCUT2D eigenvalue weighted by molar-refractivity contribution is 9.09. The summed E-state index contributed by atoms with van der Waals surface area (Å²) in [6.45, 7) is 3.69. The Morgan fingerprint density at radius 3 is 2.07 bits per heavy atom. The van der Waals surface area contributed by atoms with Crippen LogP contribution in [0.2, 0.25) is 0 Å². The van der Waals surface area contributed by atoms with Crippen molar-refractivity contribution in [2.75, 3.05) is 18.4 Å². The van der Waals surface area contributed by atoms with Crippen molar-refractivity contribution in [3.8, 4) is 0 Å². The molecule has 5 heteroatoms. The van der Waals surface area contributed by atoms with Crippen LogP contribution in [0.15, 0.2) is 0 Å². The summed E-state index contributed by atoms with van der Waals surface area (Å²) in [5, 5.41) is 0.723. The molecule has 0 atom stereocenters. The molecule has 0 unspecified atom stereocenters. The molecule has 1 aliphatic rings. The number of alkyl halides is 4. The highest BCUT2D eigenvalue weighted by Crippen LogP contribution is 2.33. The maximum atomic E-state index is 12.3. The first-order valence-electron chi connectivity index (χ1n) is 5.10. The van der Waals surface area contributed by atoms with Gasteiger partial charge in [0.15, 0.2) is 0 Å². The SMILES string of the molecule is CC(C)(CBr)CN(CC(F)(F)F)C1CC1. The van der Waals surface area contributed by atoms with Gasteiger partial charge in [-0.05, 0) is 18.3 Å². The van der Waals surface area contributed by atoms with Crippen LogP contribution < -0.4 is 0 Å². The lowest BCUT2D eigenvalue weighted by molar-refractivity contribution is -0.149. The molecule has 0 heterocycles. The Morgan fingerprint density at radius 2 is 1.73 bits per heavy atom. The first kappa shape index (κ1) is 13.3. The van der Waals surface area contributed by atoms with Crippen molar-refractivity contribution in [2.45, 2.75) is 38.9 Å². The average molecular weight is 288 g/mol. The summed E-state index contributed by atoms with van der Waals surface area (Å²) in [5.41, 5.74) is -0.103. The van der Waals surface area contributed by atoms with E-state index in [4.69, 9.17) is 0 Å². The molecule has 1 fully saturated rings. The third-order valence-electron chi connectivity index (χ3n) is 2.44. The minimum Gasteiger partial charge on any atom is -0.291 e. The van der Waals surface area contributed by atoms with Gasteiger partial charge < -0.3 is 0 Å². The van der Waals surface area contributed by atoms with Gasteiger partial charge in [-0.3, -0.25) is 4.90 Å². The first-order chi connectivity index (χ1) is 6.73. The van der Waals surface area contributed by atoms with Gasteiger partial charge in [0.25, 0.3) is 0 Å². The summed E-state index contributed by atoms with van der Waals surface area (Å²) >= 11 is 3.34. The Hall–Kier alpha value is 0.230. The normalized spacial score (nSPS) is 18.6. The van der Waals surface area contributed by atoms with E-state index >= 15 is 0 Å². The van der Waals surface area contributed by atoms with E-state index in [0.29, 0.717) is 6.54 Å². The molecule has 0 spiro atoms. The van der Waals surface area contributed by atoms with Crippen LogP contribution in [0, 0.1) is 5.41 Å². The zero-order valence-corrected chi connectivity index (χ0v) is 10.7. The molecule has 1 rings (SSSR count). The van der Waals surface area contributed by atoms with Crippen molar-refractivity contribution < 1.29 is 13.2 Å². The van der Waals surface area contributed by atoms with Gasteiger partial charge in [-0.15, -0.1) is 0 Å². The van der Waals surface area contributed by atoms with Crippen LogP contribution in [0.4, 0.5) is 13.2 Å². The summed E-state index contributed by atoms with van der Waals surface area (Å²) < 4.78 is 37.0. The fraction of sp³-hybridized carbons (Fsp3) is 1.00. The van der Waals surface area contributed by atoms with Crippen LogP contribution >= 0.6 is 15.9 Å². The lowest BCUT2D eigenvalue weighted by Gasteiger charge is -2.32. The van der Waals surface area contributed by atoms with Crippen LogP contribution in [0.1, 0.15) is 26.7 Å². The van der Waals surface area contributed by atoms with E-state index in [1.54, 1.807) is 4.90 Å². The van der Waals surface area contributed by atoms with Crippen molar-refractivity contribution >= 4 is 15.9 Å². The van der Waals surface area contributed by atoms with Crippen molar-refractivity contribution in [3.63, 3.8) is 0 Å². The number of hydrogen-bond acceptors (Lipinski definition) is 1. The van der Waals surface area contributed by atoms with Crippen LogP contribution in [0.25, 0.3) is 0 Å². The average Bonchev–Trinajstić information content (AvgIpc) is 2.82. The van der Waals surface area contributed by atoms with Crippen molar-refractivity contribution in [3.05, 3.63) is 0 Å². The lowest BCUT2D eigenvalue weighted by Crippen LogP contribution is -2.42. The van der Waals surface area contributed by atoms with Gasteiger partial charge in [0, 0.05) is 17.9 Å². The summed E-state index contributed by atoms with van der Waals surface area (Å²) in [7, 11) is 0. The van der Waals surface area contributed by atoms with E-state index in [9.17, 15) is 13.2 Å². The van der Waals surface area contributed by atoms with E-state index in [0.717, 1.165) is 18.2 Å². The number of rotatable bonds is 5. The second-order valence-electron chi connectivity index (χ2n) is 5.05. The fourth-order valence-corrected chi connectivity index (χ4v) is 1.75. The Kier molecular flexibility index (Phi) is 4.09. The molecule has 0 aromatic rings. The van der Waals surface area contributed by atoms with Gasteiger partial charge >= 0.3 is 6.18 Å². The van der Waals surface area contributed by atoms with E-state index in [1.165, 1.54) is 0 Å². The highest BCUT2D eigenvalue weighted by Gasteiger charge is 2.39. The smallest absolute Gasteiger partial charge is 0.291 e. The monoisotopic (exact) mass is 287 g/mol. The second-order valence-corrected chi connectivity index (χ2v) is 5.61. The van der Waals surface area contributed by atoms with E-state index in [2.05, 4.69) is 15.9 Å². The topological polar surface area (TPSA) is 3.24 Å². The lowest BCUT2D eigenvalue weighted by atomic mass is 9.96. The number of halogens is 4. The van der Waals surface area contributed by atoms with E-state index < -0.39 is 12.7 Å². The molecule has 0 radical (unpaired) electrons. The van der Waals surface area contributed by atoms with Crippen molar-refractivity contribution in [1.29, 1.82) is 0 Å². The molecule has 0 saturated heterocycles. The van der Waals surface area contributed by atoms with Crippen LogP contribution in [-0.4, -0.2) is 35.5 Å². The zero-order valence-electron chi connectivity index (χ0n) is 9.07. The minimum atomic E-state index is -4.08. The summed E-state index contributed by atoms with van der Waals surface area (Å²) in [6, 6.07) is 0.157. The third kappa shape index (κ3) is 5.20. The zero-order chi connectivity index (χ0) is 11.7. The summed E-state index contributed by atoms with van der Waals surface area (Å²) in [6.07, 6.45) is -2.26. The maximum absolute atomic E-state index is 12.3. The molecule has 1 aliphatic carbocycles. The van der Waals surface area contributed by atoms with Gasteiger partial charge in [0.2, 0.25) is 0 Å². The molecule has 1 saturated carbocycles. The number of hydrogen-bond donors (Lipinski definition) is 0. The van der Waals surface area contributed by atoms with Crippen molar-refractivity contribution in [1.82, 2.24) is 4.90 Å². The van der Waals surface area contributed by atoms with Gasteiger partial charge in [-0.2, -0.15) is 13.2 Å². The fourth-order valence-electron chi connectivity index (χ4n) is 1.58. The van der Waals surface area contributed by atoms with Crippen LogP contribution in [0.3, 0.4) is 0 Å². The van der Waals surface area contributed by atoms with Gasteiger partial charge in [0.05, 0.1) is 6.54 Å². The molecular weight excluding hydrogens is 271 g/mol. The third-order valence-corrected chi connectivity index (χ3v) is 3.96. The van der Waals surface area contributed by atoms with Crippen LogP contribution in [-0.2, 0) is 0 Å². The molecule has 0 bridgehead atoms. The van der Waals surface area contributed by atoms with Gasteiger partial charge in [0.1, 0.15) is 0 Å². The molecule has 0 aromatic heterocycles. The molecule has 15 heavy (non-hydrogen) atoms. The Bertz CT molecular complexity index is 211. The molecule has 90 valence electrons. The highest BCUT2D eigenvalue weighted by atomic mass is 79.9. The van der Waals surface area contributed by atoms with Crippen molar-refractivity contribution in [2.24, 2.45) is 5.41 Å². The molecule has 0 aliphatic heterocycles. The standard InChI is InChI=1S/C10H17BrF3N/c1-9(2,5-11)6-15(8-3-4-8)7-10(12,13)14/h8H,3-7H2,1-2H3. The predicted octanol–water partition coefficient (Wildman–Crippen LogP) is 3.43. The van der Waals surface area contributed by atoms with E-state index in [-0.39, 0.29) is 11.5 Å². The molecule has 1 nitrogen and oxygen atoms in total. The molecule has 0 N–H and O–H groups in total. The molecule has 0 amide bonds. The Balaban J connectivity index is 2.51. The second kappa shape index (κ2) is 4.62. The molecular formula is C10H17BrF3N. The van der Waals surface area contributed by atoms with Gasteiger partial charge in [-0.25, -0.2) is 0 Å². The quantitative estimate of drug-likeness (QED) is 0.700. The Labute approximate surface area is 97.1 Å². The summed E-state index contributed by atoms with van der Waals surface area (Å²) in [5.74, 6) is 0. The van der Waals surface area contributed by atoms with Crippen LogP contribution in [0.5, 0.6) is 0 Å². The predicted molar refractivity (Wildman–Crippen MR) is 58.2 cm³/mol. The number of nitrogens with zero attached hydrogens (tertiary/aromatic N) is 1. The Morgan fingerprint density at radius 1 is 1.20 bits per heavy atom.